The lowest BCUT2D eigenvalue weighted by molar-refractivity contribution is 0.414. The largest absolute Gasteiger partial charge is 0.497 e. The Morgan fingerprint density at radius 1 is 1.11 bits per heavy atom. The fraction of sp³-hybridized carbons (Fsp3) is 0.294. The first kappa shape index (κ1) is 13.6. The molecule has 0 fully saturated rings. The molecular weight excluding hydrogens is 234 g/mol. The summed E-state index contributed by atoms with van der Waals surface area (Å²) in [7, 11) is 1.71. The molecule has 19 heavy (non-hydrogen) atoms. The van der Waals surface area contributed by atoms with Gasteiger partial charge in [0, 0.05) is 6.54 Å². The zero-order chi connectivity index (χ0) is 13.7. The van der Waals surface area contributed by atoms with Crippen LogP contribution < -0.4 is 10.1 Å². The van der Waals surface area contributed by atoms with Crippen LogP contribution in [0.5, 0.6) is 5.75 Å². The number of ether oxygens (including phenoxy) is 1. The summed E-state index contributed by atoms with van der Waals surface area (Å²) < 4.78 is 5.32. The molecule has 0 radical (unpaired) electrons. The Labute approximate surface area is 115 Å². The molecule has 1 N–H and O–H groups in total. The van der Waals surface area contributed by atoms with Gasteiger partial charge < -0.3 is 10.1 Å². The first-order valence-electron chi connectivity index (χ1n) is 6.69. The second kappa shape index (κ2) is 6.39. The molecule has 2 nitrogen and oxygen atoms in total. The topological polar surface area (TPSA) is 21.3 Å². The van der Waals surface area contributed by atoms with Crippen LogP contribution in [-0.4, -0.2) is 13.7 Å². The van der Waals surface area contributed by atoms with Crippen molar-refractivity contribution in [3.05, 3.63) is 53.6 Å². The third-order valence-corrected chi connectivity index (χ3v) is 3.21. The van der Waals surface area contributed by atoms with E-state index < -0.39 is 0 Å². The minimum absolute atomic E-state index is 0.858. The number of rotatable bonds is 5. The van der Waals surface area contributed by atoms with E-state index in [1.165, 1.54) is 22.3 Å². The summed E-state index contributed by atoms with van der Waals surface area (Å²) in [5.74, 6) is 0.907. The number of hydrogen-bond donors (Lipinski definition) is 1. The Morgan fingerprint density at radius 3 is 2.63 bits per heavy atom. The third kappa shape index (κ3) is 3.36. The van der Waals surface area contributed by atoms with Gasteiger partial charge in [-0.2, -0.15) is 0 Å². The predicted octanol–water partition coefficient (Wildman–Crippen LogP) is 3.78. The van der Waals surface area contributed by atoms with Gasteiger partial charge in [-0.25, -0.2) is 0 Å². The molecule has 0 heterocycles. The van der Waals surface area contributed by atoms with Crippen LogP contribution in [-0.2, 0) is 6.54 Å². The molecule has 100 valence electrons. The Hall–Kier alpha value is -1.80. The predicted molar refractivity (Wildman–Crippen MR) is 80.5 cm³/mol. The van der Waals surface area contributed by atoms with Crippen LogP contribution >= 0.6 is 0 Å². The average Bonchev–Trinajstić information content (AvgIpc) is 2.44. The first-order chi connectivity index (χ1) is 9.24. The van der Waals surface area contributed by atoms with E-state index >= 15 is 0 Å². The summed E-state index contributed by atoms with van der Waals surface area (Å²) in [6.45, 7) is 6.06. The minimum Gasteiger partial charge on any atom is -0.497 e. The van der Waals surface area contributed by atoms with Crippen molar-refractivity contribution in [3.8, 4) is 16.9 Å². The summed E-state index contributed by atoms with van der Waals surface area (Å²) in [5, 5.41) is 3.39. The van der Waals surface area contributed by atoms with Gasteiger partial charge in [0.05, 0.1) is 7.11 Å². The molecule has 0 saturated heterocycles. The molecule has 0 aromatic heterocycles. The summed E-state index contributed by atoms with van der Waals surface area (Å²) in [4.78, 5) is 0. The zero-order valence-corrected chi connectivity index (χ0v) is 11.9. The fourth-order valence-electron chi connectivity index (χ4n) is 2.20. The molecule has 2 heteroatoms. The van der Waals surface area contributed by atoms with Crippen LogP contribution in [0.1, 0.15) is 18.1 Å². The van der Waals surface area contributed by atoms with Crippen molar-refractivity contribution >= 4 is 0 Å². The van der Waals surface area contributed by atoms with E-state index in [0.717, 1.165) is 18.8 Å². The van der Waals surface area contributed by atoms with E-state index in [9.17, 15) is 0 Å². The molecule has 0 atom stereocenters. The second-order valence-corrected chi connectivity index (χ2v) is 4.67. The van der Waals surface area contributed by atoms with Crippen molar-refractivity contribution in [1.82, 2.24) is 5.32 Å². The van der Waals surface area contributed by atoms with Crippen LogP contribution in [0.25, 0.3) is 11.1 Å². The number of aryl methyl sites for hydroxylation is 1. The molecule has 0 aliphatic heterocycles. The van der Waals surface area contributed by atoms with Gasteiger partial charge in [0.2, 0.25) is 0 Å². The molecule has 0 amide bonds. The molecule has 0 aliphatic carbocycles. The standard InChI is InChI=1S/C17H21NO/c1-4-18-12-15-11-16(19-3)8-9-17(15)14-7-5-6-13(2)10-14/h5-11,18H,4,12H2,1-3H3. The van der Waals surface area contributed by atoms with E-state index in [-0.39, 0.29) is 0 Å². The monoisotopic (exact) mass is 255 g/mol. The molecule has 2 aromatic carbocycles. The fourth-order valence-corrected chi connectivity index (χ4v) is 2.20. The van der Waals surface area contributed by atoms with Crippen LogP contribution in [0.15, 0.2) is 42.5 Å². The maximum Gasteiger partial charge on any atom is 0.119 e. The number of nitrogens with one attached hydrogen (secondary N) is 1. The van der Waals surface area contributed by atoms with Crippen molar-refractivity contribution in [3.63, 3.8) is 0 Å². The van der Waals surface area contributed by atoms with E-state index in [1.54, 1.807) is 7.11 Å². The molecule has 2 aromatic rings. The highest BCUT2D eigenvalue weighted by Crippen LogP contribution is 2.28. The maximum absolute atomic E-state index is 5.32. The maximum atomic E-state index is 5.32. The first-order valence-corrected chi connectivity index (χ1v) is 6.69. The van der Waals surface area contributed by atoms with Crippen molar-refractivity contribution in [2.24, 2.45) is 0 Å². The SMILES string of the molecule is CCNCc1cc(OC)ccc1-c1cccc(C)c1. The normalized spacial score (nSPS) is 10.5. The smallest absolute Gasteiger partial charge is 0.119 e. The van der Waals surface area contributed by atoms with Crippen molar-refractivity contribution in [1.29, 1.82) is 0 Å². The van der Waals surface area contributed by atoms with Crippen molar-refractivity contribution in [2.75, 3.05) is 13.7 Å². The van der Waals surface area contributed by atoms with Crippen LogP contribution in [0.2, 0.25) is 0 Å². The lowest BCUT2D eigenvalue weighted by atomic mass is 9.98. The highest BCUT2D eigenvalue weighted by molar-refractivity contribution is 5.69. The van der Waals surface area contributed by atoms with Crippen molar-refractivity contribution < 1.29 is 4.74 Å². The number of hydrogen-bond acceptors (Lipinski definition) is 2. The molecule has 0 saturated carbocycles. The van der Waals surface area contributed by atoms with Crippen LogP contribution in [0, 0.1) is 6.92 Å². The van der Waals surface area contributed by atoms with Crippen LogP contribution in [0.3, 0.4) is 0 Å². The lowest BCUT2D eigenvalue weighted by Gasteiger charge is -2.12. The van der Waals surface area contributed by atoms with Gasteiger partial charge in [-0.3, -0.25) is 0 Å². The molecule has 0 spiro atoms. The summed E-state index contributed by atoms with van der Waals surface area (Å²) in [5.41, 5.74) is 5.08. The molecule has 0 unspecified atom stereocenters. The summed E-state index contributed by atoms with van der Waals surface area (Å²) in [6, 6.07) is 14.9. The van der Waals surface area contributed by atoms with E-state index in [0.29, 0.717) is 0 Å². The molecule has 0 bridgehead atoms. The molecule has 2 rings (SSSR count). The lowest BCUT2D eigenvalue weighted by Crippen LogP contribution is -2.12. The van der Waals surface area contributed by atoms with Crippen molar-refractivity contribution in [2.45, 2.75) is 20.4 Å². The van der Waals surface area contributed by atoms with Gasteiger partial charge in [0.25, 0.3) is 0 Å². The third-order valence-electron chi connectivity index (χ3n) is 3.21. The van der Waals surface area contributed by atoms with E-state index in [1.807, 2.05) is 6.07 Å². The number of benzene rings is 2. The van der Waals surface area contributed by atoms with E-state index in [2.05, 4.69) is 55.6 Å². The van der Waals surface area contributed by atoms with Gasteiger partial charge in [-0.15, -0.1) is 0 Å². The summed E-state index contributed by atoms with van der Waals surface area (Å²) >= 11 is 0. The minimum atomic E-state index is 0.858. The number of methoxy groups -OCH3 is 1. The average molecular weight is 255 g/mol. The van der Waals surface area contributed by atoms with Gasteiger partial charge in [-0.1, -0.05) is 42.8 Å². The van der Waals surface area contributed by atoms with Crippen LogP contribution in [0.4, 0.5) is 0 Å². The Kier molecular flexibility index (Phi) is 4.58. The quantitative estimate of drug-likeness (QED) is 0.878. The van der Waals surface area contributed by atoms with Gasteiger partial charge >= 0.3 is 0 Å². The highest BCUT2D eigenvalue weighted by atomic mass is 16.5. The Balaban J connectivity index is 2.43. The highest BCUT2D eigenvalue weighted by Gasteiger charge is 2.06. The Morgan fingerprint density at radius 2 is 1.95 bits per heavy atom. The Bertz CT molecular complexity index is 549. The zero-order valence-electron chi connectivity index (χ0n) is 11.9. The van der Waals surface area contributed by atoms with Gasteiger partial charge in [-0.05, 0) is 42.3 Å². The second-order valence-electron chi connectivity index (χ2n) is 4.67. The van der Waals surface area contributed by atoms with Gasteiger partial charge in [0.15, 0.2) is 0 Å². The van der Waals surface area contributed by atoms with E-state index in [4.69, 9.17) is 4.74 Å². The van der Waals surface area contributed by atoms with Gasteiger partial charge in [0.1, 0.15) is 5.75 Å². The molecule has 0 aliphatic rings. The summed E-state index contributed by atoms with van der Waals surface area (Å²) in [6.07, 6.45) is 0. The molecular formula is C17H21NO.